The van der Waals surface area contributed by atoms with Gasteiger partial charge in [0, 0.05) is 26.2 Å². The van der Waals surface area contributed by atoms with Gasteiger partial charge >= 0.3 is 5.97 Å². The lowest BCUT2D eigenvalue weighted by molar-refractivity contribution is -0.322. The lowest BCUT2D eigenvalue weighted by Crippen LogP contribution is -2.49. The van der Waals surface area contributed by atoms with Gasteiger partial charge in [-0.15, -0.1) is 0 Å². The first-order valence-corrected chi connectivity index (χ1v) is 6.07. The zero-order valence-electron chi connectivity index (χ0n) is 12.0. The molecule has 0 saturated heterocycles. The van der Waals surface area contributed by atoms with E-state index in [9.17, 15) is 24.6 Å². The summed E-state index contributed by atoms with van der Waals surface area (Å²) in [7, 11) is 2.70. The van der Waals surface area contributed by atoms with Gasteiger partial charge in [0.2, 0.25) is 0 Å². The second-order valence-electron chi connectivity index (χ2n) is 4.27. The average molecular weight is 302 g/mol. The molecule has 0 fully saturated rings. The van der Waals surface area contributed by atoms with Crippen molar-refractivity contribution in [3.8, 4) is 0 Å². The topological polar surface area (TPSA) is 125 Å². The van der Waals surface area contributed by atoms with Crippen molar-refractivity contribution in [2.75, 3.05) is 34.0 Å². The molecule has 1 unspecified atom stereocenters. The molecule has 0 spiro atoms. The molecule has 0 aromatic heterocycles. The van der Waals surface area contributed by atoms with E-state index in [-0.39, 0.29) is 26.2 Å². The Hall–Kier alpha value is -1.93. The van der Waals surface area contributed by atoms with Crippen LogP contribution < -0.4 is 10.2 Å². The van der Waals surface area contributed by atoms with Crippen LogP contribution in [0.5, 0.6) is 0 Å². The Morgan fingerprint density at radius 2 is 1.62 bits per heavy atom. The minimum absolute atomic E-state index is 0.0828. The lowest BCUT2D eigenvalue weighted by Gasteiger charge is -2.36. The number of hydrogen-bond acceptors (Lipinski definition) is 8. The monoisotopic (exact) mass is 302 g/mol. The summed E-state index contributed by atoms with van der Waals surface area (Å²) in [5, 5.41) is 22.3. The molecular weight excluding hydrogens is 284 g/mol. The quantitative estimate of drug-likeness (QED) is 0.236. The average Bonchev–Trinajstić information content (AvgIpc) is 2.42. The predicted octanol–water partition coefficient (Wildman–Crippen LogP) is -2.35. The van der Waals surface area contributed by atoms with E-state index in [4.69, 9.17) is 9.47 Å². The van der Waals surface area contributed by atoms with Crippen molar-refractivity contribution < 1.29 is 38.8 Å². The van der Waals surface area contributed by atoms with Gasteiger partial charge in [0.1, 0.15) is 6.61 Å². The van der Waals surface area contributed by atoms with Gasteiger partial charge in [0.05, 0.1) is 25.0 Å². The number of carboxylic acid groups (broad SMARTS) is 2. The van der Waals surface area contributed by atoms with Crippen LogP contribution in [-0.4, -0.2) is 51.9 Å². The minimum Gasteiger partial charge on any atom is -0.549 e. The second kappa shape index (κ2) is 9.09. The van der Waals surface area contributed by atoms with Gasteiger partial charge in [-0.3, -0.25) is 4.79 Å². The molecule has 0 amide bonds. The number of hydrogen-bond donors (Lipinski definition) is 0. The van der Waals surface area contributed by atoms with Gasteiger partial charge < -0.3 is 34.0 Å². The summed E-state index contributed by atoms with van der Waals surface area (Å²) in [4.78, 5) is 34.0. The van der Waals surface area contributed by atoms with Gasteiger partial charge in [0.25, 0.3) is 0 Å². The third-order valence-corrected chi connectivity index (χ3v) is 2.94. The number of esters is 1. The molecule has 0 saturated carbocycles. The van der Waals surface area contributed by atoms with Crippen LogP contribution in [-0.2, 0) is 28.6 Å². The minimum atomic E-state index is -2.14. The van der Waals surface area contributed by atoms with Gasteiger partial charge in [-0.1, -0.05) is 6.58 Å². The lowest BCUT2D eigenvalue weighted by atomic mass is 9.75. The molecule has 0 bridgehead atoms. The fourth-order valence-corrected chi connectivity index (χ4v) is 1.65. The van der Waals surface area contributed by atoms with Gasteiger partial charge in [-0.2, -0.15) is 0 Å². The number of carbonyl (C=O) groups is 3. The van der Waals surface area contributed by atoms with Crippen molar-refractivity contribution in [3.05, 3.63) is 12.2 Å². The van der Waals surface area contributed by atoms with E-state index in [0.717, 1.165) is 0 Å². The Bertz CT molecular complexity index is 403. The highest BCUT2D eigenvalue weighted by Gasteiger charge is 2.38. The first-order chi connectivity index (χ1) is 9.81. The first-order valence-electron chi connectivity index (χ1n) is 6.07. The van der Waals surface area contributed by atoms with Crippen molar-refractivity contribution in [1.82, 2.24) is 0 Å². The smallest absolute Gasteiger partial charge is 0.307 e. The summed E-state index contributed by atoms with van der Waals surface area (Å²) in [5.41, 5.74) is -2.90. The first kappa shape index (κ1) is 19.1. The molecule has 0 N–H and O–H groups in total. The molecule has 0 aliphatic rings. The van der Waals surface area contributed by atoms with E-state index >= 15 is 0 Å². The summed E-state index contributed by atoms with van der Waals surface area (Å²) in [5.74, 6) is -4.44. The molecule has 8 heteroatoms. The summed E-state index contributed by atoms with van der Waals surface area (Å²) in [6.07, 6.45) is -1.05. The number of methoxy groups -OCH3 is 2. The molecule has 1 atom stereocenters. The molecule has 0 radical (unpaired) electrons. The zero-order chi connectivity index (χ0) is 16.5. The highest BCUT2D eigenvalue weighted by atomic mass is 16.6. The standard InChI is InChI=1S/C13H20O8/c1-9(11(15)16)13(12(17)18,4-5-19-2)8-10(14)21-7-6-20-3/h1,4-8H2,2-3H3,(H,15,16)(H,17,18)/p-2. The predicted molar refractivity (Wildman–Crippen MR) is 65.5 cm³/mol. The molecule has 0 heterocycles. The largest absolute Gasteiger partial charge is 0.549 e. The zero-order valence-corrected chi connectivity index (χ0v) is 12.0. The molecule has 0 aliphatic heterocycles. The second-order valence-corrected chi connectivity index (χ2v) is 4.27. The maximum atomic E-state index is 11.7. The van der Waals surface area contributed by atoms with Gasteiger partial charge in [0.15, 0.2) is 0 Å². The Morgan fingerprint density at radius 1 is 1.05 bits per heavy atom. The molecule has 0 aromatic rings. The van der Waals surface area contributed by atoms with E-state index in [1.165, 1.54) is 14.2 Å². The van der Waals surface area contributed by atoms with Crippen LogP contribution in [0.25, 0.3) is 0 Å². The summed E-state index contributed by atoms with van der Waals surface area (Å²) in [6.45, 7) is 3.12. The van der Waals surface area contributed by atoms with E-state index in [0.29, 0.717) is 0 Å². The van der Waals surface area contributed by atoms with E-state index in [1.54, 1.807) is 0 Å². The van der Waals surface area contributed by atoms with Crippen molar-refractivity contribution in [2.45, 2.75) is 12.8 Å². The van der Waals surface area contributed by atoms with Crippen molar-refractivity contribution in [1.29, 1.82) is 0 Å². The third kappa shape index (κ3) is 5.52. The van der Waals surface area contributed by atoms with E-state index in [1.807, 2.05) is 0 Å². The third-order valence-electron chi connectivity index (χ3n) is 2.94. The maximum Gasteiger partial charge on any atom is 0.307 e. The molecule has 21 heavy (non-hydrogen) atoms. The van der Waals surface area contributed by atoms with Crippen LogP contribution >= 0.6 is 0 Å². The molecule has 0 aromatic carbocycles. The number of aliphatic carboxylic acids is 2. The highest BCUT2D eigenvalue weighted by molar-refractivity contribution is 5.96. The Balaban J connectivity index is 5.17. The summed E-state index contributed by atoms with van der Waals surface area (Å²) < 4.78 is 14.2. The van der Waals surface area contributed by atoms with Crippen molar-refractivity contribution >= 4 is 17.9 Å². The van der Waals surface area contributed by atoms with Crippen LogP contribution in [0.2, 0.25) is 0 Å². The van der Waals surface area contributed by atoms with Crippen LogP contribution in [0.3, 0.4) is 0 Å². The summed E-state index contributed by atoms with van der Waals surface area (Å²) >= 11 is 0. The fraction of sp³-hybridized carbons (Fsp3) is 0.615. The molecule has 8 nitrogen and oxygen atoms in total. The fourth-order valence-electron chi connectivity index (χ4n) is 1.65. The van der Waals surface area contributed by atoms with Crippen molar-refractivity contribution in [2.24, 2.45) is 5.41 Å². The Labute approximate surface area is 122 Å². The van der Waals surface area contributed by atoms with Crippen LogP contribution in [0.15, 0.2) is 12.2 Å². The maximum absolute atomic E-state index is 11.7. The van der Waals surface area contributed by atoms with Crippen LogP contribution in [0.1, 0.15) is 12.8 Å². The van der Waals surface area contributed by atoms with Crippen LogP contribution in [0.4, 0.5) is 0 Å². The number of carbonyl (C=O) groups excluding carboxylic acids is 3. The number of ether oxygens (including phenoxy) is 3. The SMILES string of the molecule is C=C(C(=O)[O-])C(CCOC)(CC(=O)OCCOC)C(=O)[O-]. The summed E-state index contributed by atoms with van der Waals surface area (Å²) in [6, 6.07) is 0. The number of rotatable bonds is 11. The molecular formula is C13H18O8-2. The van der Waals surface area contributed by atoms with Crippen LogP contribution in [0, 0.1) is 5.41 Å². The van der Waals surface area contributed by atoms with E-state index in [2.05, 4.69) is 11.3 Å². The van der Waals surface area contributed by atoms with Gasteiger partial charge in [-0.05, 0) is 12.0 Å². The molecule has 120 valence electrons. The Morgan fingerprint density at radius 3 is 2.05 bits per heavy atom. The Kier molecular flexibility index (Phi) is 8.25. The molecule has 0 rings (SSSR count). The number of carboxylic acids is 2. The molecule has 0 aliphatic carbocycles. The van der Waals surface area contributed by atoms with Gasteiger partial charge in [-0.25, -0.2) is 0 Å². The van der Waals surface area contributed by atoms with E-state index < -0.39 is 35.3 Å². The van der Waals surface area contributed by atoms with Crippen molar-refractivity contribution in [3.63, 3.8) is 0 Å². The normalized spacial score (nSPS) is 13.2. The highest BCUT2D eigenvalue weighted by Crippen LogP contribution is 2.34.